The molecule has 2 atom stereocenters. The van der Waals surface area contributed by atoms with E-state index in [1.54, 1.807) is 9.80 Å². The summed E-state index contributed by atoms with van der Waals surface area (Å²) in [6, 6.07) is 3.95. The van der Waals surface area contributed by atoms with Crippen LogP contribution in [0.15, 0.2) is 24.3 Å². The minimum absolute atomic E-state index is 0.102. The number of alkyl halides is 3. The third kappa shape index (κ3) is 4.58. The number of nitrogens with one attached hydrogen (secondary N) is 1. The van der Waals surface area contributed by atoms with Gasteiger partial charge in [0.2, 0.25) is 17.9 Å². The smallest absolute Gasteiger partial charge is 0.340 e. The van der Waals surface area contributed by atoms with Crippen LogP contribution in [-0.2, 0) is 15.8 Å². The van der Waals surface area contributed by atoms with E-state index in [9.17, 15) is 32.9 Å². The standard InChI is InChI=1S/C17H19F3N4O4/c18-17(19,20)12-3-1-2-4-13(12)21-15(25)10-22-5-7-23(8-6-22)16(26)11-9-14(11)24(27)28/h1-4,11,14H,5-10H2,(H,21,25)/t11-,14+/m1/s1. The highest BCUT2D eigenvalue weighted by atomic mass is 19.4. The summed E-state index contributed by atoms with van der Waals surface area (Å²) < 4.78 is 38.9. The van der Waals surface area contributed by atoms with Crippen molar-refractivity contribution in [3.8, 4) is 0 Å². The van der Waals surface area contributed by atoms with Crippen LogP contribution in [0.2, 0.25) is 0 Å². The van der Waals surface area contributed by atoms with E-state index in [1.807, 2.05) is 0 Å². The van der Waals surface area contributed by atoms with Crippen LogP contribution in [0.1, 0.15) is 12.0 Å². The van der Waals surface area contributed by atoms with Gasteiger partial charge >= 0.3 is 6.18 Å². The quantitative estimate of drug-likeness (QED) is 0.596. The SMILES string of the molecule is O=C(CN1CCN(C(=O)[C@@H]2C[C@@H]2[N+](=O)[O-])CC1)Nc1ccccc1C(F)(F)F. The van der Waals surface area contributed by atoms with E-state index in [4.69, 9.17) is 0 Å². The number of amides is 2. The summed E-state index contributed by atoms with van der Waals surface area (Å²) in [7, 11) is 0. The molecule has 0 aromatic heterocycles. The number of hydrogen-bond donors (Lipinski definition) is 1. The van der Waals surface area contributed by atoms with Crippen LogP contribution in [0.5, 0.6) is 0 Å². The zero-order valence-electron chi connectivity index (χ0n) is 14.8. The third-order valence-corrected chi connectivity index (χ3v) is 4.90. The Morgan fingerprint density at radius 2 is 1.82 bits per heavy atom. The van der Waals surface area contributed by atoms with Crippen LogP contribution in [0, 0.1) is 16.0 Å². The highest BCUT2D eigenvalue weighted by molar-refractivity contribution is 5.93. The maximum absolute atomic E-state index is 13.0. The molecule has 0 spiro atoms. The molecule has 8 nitrogen and oxygen atoms in total. The molecular weight excluding hydrogens is 381 g/mol. The highest BCUT2D eigenvalue weighted by Gasteiger charge is 2.54. The Labute approximate surface area is 158 Å². The molecule has 1 aliphatic carbocycles. The lowest BCUT2D eigenvalue weighted by Gasteiger charge is -2.34. The number of hydrogen-bond acceptors (Lipinski definition) is 5. The van der Waals surface area contributed by atoms with Gasteiger partial charge in [-0.15, -0.1) is 0 Å². The fraction of sp³-hybridized carbons (Fsp3) is 0.529. The first-order valence-corrected chi connectivity index (χ1v) is 8.77. The Hall–Kier alpha value is -2.69. The van der Waals surface area contributed by atoms with Crippen molar-refractivity contribution in [3.63, 3.8) is 0 Å². The second kappa shape index (κ2) is 7.74. The van der Waals surface area contributed by atoms with Gasteiger partial charge in [-0.1, -0.05) is 12.1 Å². The van der Waals surface area contributed by atoms with Crippen molar-refractivity contribution in [2.45, 2.75) is 18.6 Å². The molecule has 0 radical (unpaired) electrons. The number of para-hydroxylation sites is 1. The second-order valence-electron chi connectivity index (χ2n) is 6.89. The van der Waals surface area contributed by atoms with E-state index >= 15 is 0 Å². The van der Waals surface area contributed by atoms with Crippen LogP contribution >= 0.6 is 0 Å². The molecule has 2 fully saturated rings. The molecular formula is C17H19F3N4O4. The van der Waals surface area contributed by atoms with Gasteiger partial charge in [0.05, 0.1) is 17.8 Å². The first kappa shape index (κ1) is 20.1. The predicted molar refractivity (Wildman–Crippen MR) is 92.0 cm³/mol. The van der Waals surface area contributed by atoms with Crippen molar-refractivity contribution < 1.29 is 27.7 Å². The first-order chi connectivity index (χ1) is 13.2. The van der Waals surface area contributed by atoms with Crippen molar-refractivity contribution in [1.29, 1.82) is 0 Å². The van der Waals surface area contributed by atoms with Gasteiger partial charge in [0.1, 0.15) is 5.92 Å². The normalized spacial score (nSPS) is 22.6. The molecule has 1 aromatic rings. The molecule has 1 heterocycles. The molecule has 0 bridgehead atoms. The number of halogens is 3. The molecule has 2 aliphatic rings. The second-order valence-corrected chi connectivity index (χ2v) is 6.89. The van der Waals surface area contributed by atoms with E-state index in [1.165, 1.54) is 18.2 Å². The monoisotopic (exact) mass is 400 g/mol. The fourth-order valence-electron chi connectivity index (χ4n) is 3.27. The zero-order chi connectivity index (χ0) is 20.5. The summed E-state index contributed by atoms with van der Waals surface area (Å²) in [5.41, 5.74) is -1.21. The third-order valence-electron chi connectivity index (χ3n) is 4.90. The van der Waals surface area contributed by atoms with Crippen molar-refractivity contribution in [2.24, 2.45) is 5.92 Å². The van der Waals surface area contributed by atoms with E-state index in [0.717, 1.165) is 6.07 Å². The number of piperazine rings is 1. The van der Waals surface area contributed by atoms with Gasteiger partial charge in [-0.25, -0.2) is 0 Å². The van der Waals surface area contributed by atoms with E-state index in [2.05, 4.69) is 5.32 Å². The number of benzene rings is 1. The number of carbonyl (C=O) groups excluding carboxylic acids is 2. The van der Waals surface area contributed by atoms with E-state index in [0.29, 0.717) is 26.2 Å². The maximum atomic E-state index is 13.0. The van der Waals surface area contributed by atoms with Crippen molar-refractivity contribution in [2.75, 3.05) is 38.0 Å². The van der Waals surface area contributed by atoms with Gasteiger partial charge in [0, 0.05) is 37.5 Å². The van der Waals surface area contributed by atoms with Crippen LogP contribution in [0.3, 0.4) is 0 Å². The molecule has 1 saturated heterocycles. The summed E-state index contributed by atoms with van der Waals surface area (Å²) in [4.78, 5) is 37.8. The van der Waals surface area contributed by atoms with Gasteiger partial charge in [-0.3, -0.25) is 24.6 Å². The highest BCUT2D eigenvalue weighted by Crippen LogP contribution is 2.35. The summed E-state index contributed by atoms with van der Waals surface area (Å²) in [6.45, 7) is 1.29. The lowest BCUT2D eigenvalue weighted by atomic mass is 10.1. The molecule has 3 rings (SSSR count). The lowest BCUT2D eigenvalue weighted by Crippen LogP contribution is -2.51. The summed E-state index contributed by atoms with van der Waals surface area (Å²) >= 11 is 0. The first-order valence-electron chi connectivity index (χ1n) is 8.77. The molecule has 1 N–H and O–H groups in total. The van der Waals surface area contributed by atoms with Gasteiger partial charge in [-0.05, 0) is 12.1 Å². The Morgan fingerprint density at radius 1 is 1.18 bits per heavy atom. The molecule has 2 amide bonds. The predicted octanol–water partition coefficient (Wildman–Crippen LogP) is 1.45. The Kier molecular flexibility index (Phi) is 5.54. The molecule has 0 unspecified atom stereocenters. The summed E-state index contributed by atoms with van der Waals surface area (Å²) in [6.07, 6.45) is -4.31. The Morgan fingerprint density at radius 3 is 2.39 bits per heavy atom. The largest absolute Gasteiger partial charge is 0.418 e. The van der Waals surface area contributed by atoms with E-state index < -0.39 is 34.5 Å². The van der Waals surface area contributed by atoms with Gasteiger partial charge in [-0.2, -0.15) is 13.2 Å². The number of rotatable bonds is 5. The molecule has 28 heavy (non-hydrogen) atoms. The maximum Gasteiger partial charge on any atom is 0.418 e. The van der Waals surface area contributed by atoms with Crippen molar-refractivity contribution in [1.82, 2.24) is 9.80 Å². The lowest BCUT2D eigenvalue weighted by molar-refractivity contribution is -0.497. The zero-order valence-corrected chi connectivity index (χ0v) is 14.8. The summed E-state index contributed by atoms with van der Waals surface area (Å²) in [5, 5.41) is 13.0. The van der Waals surface area contributed by atoms with Gasteiger partial charge in [0.25, 0.3) is 0 Å². The van der Waals surface area contributed by atoms with Crippen molar-refractivity contribution in [3.05, 3.63) is 39.9 Å². The van der Waals surface area contributed by atoms with E-state index in [-0.39, 0.29) is 24.6 Å². The molecule has 1 aromatic carbocycles. The molecule has 11 heteroatoms. The van der Waals surface area contributed by atoms with Crippen LogP contribution in [-0.4, -0.2) is 65.3 Å². The number of nitrogens with zero attached hydrogens (tertiary/aromatic N) is 3. The minimum atomic E-state index is -4.57. The van der Waals surface area contributed by atoms with Crippen LogP contribution < -0.4 is 5.32 Å². The number of nitro groups is 1. The average Bonchev–Trinajstić information content (AvgIpc) is 3.42. The van der Waals surface area contributed by atoms with Gasteiger partial charge < -0.3 is 10.2 Å². The summed E-state index contributed by atoms with van der Waals surface area (Å²) in [5.74, 6) is -1.39. The van der Waals surface area contributed by atoms with Crippen LogP contribution in [0.4, 0.5) is 18.9 Å². The number of anilines is 1. The van der Waals surface area contributed by atoms with Gasteiger partial charge in [0.15, 0.2) is 0 Å². The molecule has 152 valence electrons. The minimum Gasteiger partial charge on any atom is -0.340 e. The fourth-order valence-corrected chi connectivity index (χ4v) is 3.27. The Bertz CT molecular complexity index is 778. The number of carbonyl (C=O) groups is 2. The van der Waals surface area contributed by atoms with Crippen LogP contribution in [0.25, 0.3) is 0 Å². The average molecular weight is 400 g/mol. The molecule has 1 saturated carbocycles. The molecule has 1 aliphatic heterocycles. The van der Waals surface area contributed by atoms with Crippen molar-refractivity contribution >= 4 is 17.5 Å². The topological polar surface area (TPSA) is 95.8 Å². The Balaban J connectivity index is 1.48.